The zero-order valence-electron chi connectivity index (χ0n) is 18.3. The van der Waals surface area contributed by atoms with Crippen LogP contribution in [0.25, 0.3) is 0 Å². The molecule has 4 aromatic rings. The summed E-state index contributed by atoms with van der Waals surface area (Å²) in [5, 5.41) is 15.9. The molecule has 0 radical (unpaired) electrons. The lowest BCUT2D eigenvalue weighted by Gasteiger charge is -2.10. The van der Waals surface area contributed by atoms with E-state index in [1.54, 1.807) is 16.8 Å². The Balaban J connectivity index is 1.41. The second-order valence-corrected chi connectivity index (χ2v) is 8.11. The van der Waals surface area contributed by atoms with E-state index in [-0.39, 0.29) is 5.82 Å². The molecule has 4 rings (SSSR count). The standard InChI is InChI=1S/C24H25FN6S/c1-16-8-4-5-9-19(16)14-30-13-12-22(29-30)26-24(32)27-23-17(2)28-31(18(23)3)15-20-10-6-7-11-21(20)25/h4-13H,14-15H2,1-3H3,(H2,26,27,29,32). The number of hydrogen-bond donors (Lipinski definition) is 2. The third-order valence-electron chi connectivity index (χ3n) is 5.37. The van der Waals surface area contributed by atoms with Crippen LogP contribution in [0.1, 0.15) is 28.1 Å². The van der Waals surface area contributed by atoms with Crippen molar-refractivity contribution in [2.75, 3.05) is 10.6 Å². The minimum Gasteiger partial charge on any atom is -0.329 e. The quantitative estimate of drug-likeness (QED) is 0.404. The Hall–Kier alpha value is -3.52. The molecule has 0 bridgehead atoms. The van der Waals surface area contributed by atoms with Crippen molar-refractivity contribution in [2.45, 2.75) is 33.9 Å². The van der Waals surface area contributed by atoms with Crippen LogP contribution in [-0.2, 0) is 13.1 Å². The zero-order valence-corrected chi connectivity index (χ0v) is 19.1. The molecule has 2 aromatic carbocycles. The number of hydrogen-bond acceptors (Lipinski definition) is 3. The highest BCUT2D eigenvalue weighted by Gasteiger charge is 2.14. The highest BCUT2D eigenvalue weighted by atomic mass is 32.1. The van der Waals surface area contributed by atoms with Gasteiger partial charge in [-0.05, 0) is 50.2 Å². The van der Waals surface area contributed by atoms with Crippen molar-refractivity contribution >= 4 is 28.8 Å². The fourth-order valence-electron chi connectivity index (χ4n) is 3.56. The van der Waals surface area contributed by atoms with E-state index < -0.39 is 0 Å². The van der Waals surface area contributed by atoms with Crippen LogP contribution in [0.15, 0.2) is 60.8 Å². The van der Waals surface area contributed by atoms with Crippen molar-refractivity contribution in [1.82, 2.24) is 19.6 Å². The Bertz CT molecular complexity index is 1260. The normalized spacial score (nSPS) is 10.9. The molecule has 0 aliphatic heterocycles. The van der Waals surface area contributed by atoms with Crippen molar-refractivity contribution in [3.8, 4) is 0 Å². The van der Waals surface area contributed by atoms with E-state index in [4.69, 9.17) is 12.2 Å². The van der Waals surface area contributed by atoms with Gasteiger partial charge < -0.3 is 10.6 Å². The third-order valence-corrected chi connectivity index (χ3v) is 5.58. The molecular formula is C24H25FN6S. The molecule has 0 aliphatic rings. The van der Waals surface area contributed by atoms with Gasteiger partial charge in [0.2, 0.25) is 0 Å². The molecule has 0 fully saturated rings. The molecule has 0 atom stereocenters. The Kier molecular flexibility index (Phi) is 6.32. The van der Waals surface area contributed by atoms with Gasteiger partial charge >= 0.3 is 0 Å². The van der Waals surface area contributed by atoms with Gasteiger partial charge in [0, 0.05) is 17.8 Å². The number of halogens is 1. The van der Waals surface area contributed by atoms with Crippen LogP contribution < -0.4 is 10.6 Å². The zero-order chi connectivity index (χ0) is 22.7. The summed E-state index contributed by atoms with van der Waals surface area (Å²) in [6.07, 6.45) is 1.92. The first-order chi connectivity index (χ1) is 15.4. The second kappa shape index (κ2) is 9.32. The summed E-state index contributed by atoms with van der Waals surface area (Å²) >= 11 is 5.49. The van der Waals surface area contributed by atoms with Crippen molar-refractivity contribution in [3.63, 3.8) is 0 Å². The molecule has 164 valence electrons. The summed E-state index contributed by atoms with van der Waals surface area (Å²) in [5.74, 6) is 0.415. The number of anilines is 2. The van der Waals surface area contributed by atoms with Gasteiger partial charge in [0.05, 0.1) is 30.2 Å². The van der Waals surface area contributed by atoms with Gasteiger partial charge in [0.15, 0.2) is 10.9 Å². The highest BCUT2D eigenvalue weighted by molar-refractivity contribution is 7.80. The number of nitrogens with one attached hydrogen (secondary N) is 2. The predicted molar refractivity (Wildman–Crippen MR) is 130 cm³/mol. The summed E-state index contributed by atoms with van der Waals surface area (Å²) in [5.41, 5.74) is 5.50. The smallest absolute Gasteiger partial charge is 0.176 e. The monoisotopic (exact) mass is 448 g/mol. The number of aromatic nitrogens is 4. The largest absolute Gasteiger partial charge is 0.329 e. The average Bonchev–Trinajstić information content (AvgIpc) is 3.30. The van der Waals surface area contributed by atoms with Crippen molar-refractivity contribution in [3.05, 3.63) is 94.7 Å². The Morgan fingerprint density at radius 3 is 2.38 bits per heavy atom. The van der Waals surface area contributed by atoms with Crippen molar-refractivity contribution < 1.29 is 4.39 Å². The molecule has 0 saturated carbocycles. The van der Waals surface area contributed by atoms with E-state index in [2.05, 4.69) is 39.9 Å². The second-order valence-electron chi connectivity index (χ2n) is 7.70. The van der Waals surface area contributed by atoms with Crippen LogP contribution in [0.5, 0.6) is 0 Å². The maximum Gasteiger partial charge on any atom is 0.176 e. The Morgan fingerprint density at radius 2 is 1.62 bits per heavy atom. The Labute approximate surface area is 192 Å². The van der Waals surface area contributed by atoms with Crippen LogP contribution in [-0.4, -0.2) is 24.7 Å². The van der Waals surface area contributed by atoms with Crippen LogP contribution in [0.3, 0.4) is 0 Å². The van der Waals surface area contributed by atoms with E-state index in [9.17, 15) is 4.39 Å². The molecule has 2 aromatic heterocycles. The Morgan fingerprint density at radius 1 is 0.906 bits per heavy atom. The fourth-order valence-corrected chi connectivity index (χ4v) is 3.77. The average molecular weight is 449 g/mol. The number of benzene rings is 2. The molecular weight excluding hydrogens is 423 g/mol. The maximum absolute atomic E-state index is 14.0. The summed E-state index contributed by atoms with van der Waals surface area (Å²) in [4.78, 5) is 0. The molecule has 8 heteroatoms. The first kappa shape index (κ1) is 21.7. The molecule has 0 unspecified atom stereocenters. The van der Waals surface area contributed by atoms with Gasteiger partial charge in [-0.15, -0.1) is 0 Å². The summed E-state index contributed by atoms with van der Waals surface area (Å²) in [6, 6.07) is 16.8. The predicted octanol–water partition coefficient (Wildman–Crippen LogP) is 5.05. The molecule has 0 saturated heterocycles. The van der Waals surface area contributed by atoms with Crippen molar-refractivity contribution in [1.29, 1.82) is 0 Å². The minimum atomic E-state index is -0.243. The van der Waals surface area contributed by atoms with E-state index >= 15 is 0 Å². The topological polar surface area (TPSA) is 59.7 Å². The molecule has 0 spiro atoms. The summed E-state index contributed by atoms with van der Waals surface area (Å²) in [7, 11) is 0. The number of rotatable bonds is 6. The first-order valence-electron chi connectivity index (χ1n) is 10.3. The SMILES string of the molecule is Cc1ccccc1Cn1ccc(NC(=S)Nc2c(C)nn(Cc3ccccc3F)c2C)n1. The third kappa shape index (κ3) is 4.86. The van der Waals surface area contributed by atoms with Gasteiger partial charge in [-0.3, -0.25) is 9.36 Å². The van der Waals surface area contributed by atoms with Gasteiger partial charge in [-0.2, -0.15) is 10.2 Å². The van der Waals surface area contributed by atoms with Gasteiger partial charge in [-0.1, -0.05) is 42.5 Å². The lowest BCUT2D eigenvalue weighted by Crippen LogP contribution is -2.20. The summed E-state index contributed by atoms with van der Waals surface area (Å²) < 4.78 is 17.7. The van der Waals surface area contributed by atoms with Crippen LogP contribution in [0.4, 0.5) is 15.9 Å². The number of nitrogens with zero attached hydrogens (tertiary/aromatic N) is 4. The van der Waals surface area contributed by atoms with Crippen LogP contribution in [0.2, 0.25) is 0 Å². The fraction of sp³-hybridized carbons (Fsp3) is 0.208. The minimum absolute atomic E-state index is 0.243. The van der Waals surface area contributed by atoms with Gasteiger partial charge in [-0.25, -0.2) is 4.39 Å². The first-order valence-corrected chi connectivity index (χ1v) is 10.7. The highest BCUT2D eigenvalue weighted by Crippen LogP contribution is 2.21. The molecule has 2 N–H and O–H groups in total. The number of thiocarbonyl (C=S) groups is 1. The lowest BCUT2D eigenvalue weighted by molar-refractivity contribution is 0.579. The van der Waals surface area contributed by atoms with Gasteiger partial charge in [0.1, 0.15) is 5.82 Å². The molecule has 0 aliphatic carbocycles. The maximum atomic E-state index is 14.0. The van der Waals surface area contributed by atoms with E-state index in [1.165, 1.54) is 17.2 Å². The molecule has 32 heavy (non-hydrogen) atoms. The molecule has 2 heterocycles. The van der Waals surface area contributed by atoms with Crippen LogP contribution >= 0.6 is 12.2 Å². The van der Waals surface area contributed by atoms with Crippen LogP contribution in [0, 0.1) is 26.6 Å². The van der Waals surface area contributed by atoms with E-state index in [0.717, 1.165) is 17.1 Å². The molecule has 0 amide bonds. The van der Waals surface area contributed by atoms with Gasteiger partial charge in [0.25, 0.3) is 0 Å². The molecule has 6 nitrogen and oxygen atoms in total. The van der Waals surface area contributed by atoms with E-state index in [0.29, 0.717) is 29.6 Å². The summed E-state index contributed by atoms with van der Waals surface area (Å²) in [6.45, 7) is 6.96. The van der Waals surface area contributed by atoms with Crippen molar-refractivity contribution in [2.24, 2.45) is 0 Å². The number of aryl methyl sites for hydroxylation is 2. The van der Waals surface area contributed by atoms with E-state index in [1.807, 2.05) is 49.0 Å². The lowest BCUT2D eigenvalue weighted by atomic mass is 10.1.